The minimum Gasteiger partial charge on any atom is -0.507 e. The molecule has 1 saturated heterocycles. The molecule has 40 heavy (non-hydrogen) atoms. The summed E-state index contributed by atoms with van der Waals surface area (Å²) < 4.78 is 0. The summed E-state index contributed by atoms with van der Waals surface area (Å²) in [5.41, 5.74) is 6.50. The summed E-state index contributed by atoms with van der Waals surface area (Å²) in [5, 5.41) is 15.1. The Labute approximate surface area is 235 Å². The van der Waals surface area contributed by atoms with Gasteiger partial charge in [0.1, 0.15) is 5.76 Å². The summed E-state index contributed by atoms with van der Waals surface area (Å²) in [6, 6.07) is 30.1. The second kappa shape index (κ2) is 10.5. The third kappa shape index (κ3) is 5.15. The number of carbonyl (C=O) groups excluding carboxylic acids is 2. The lowest BCUT2D eigenvalue weighted by Gasteiger charge is -2.26. The lowest BCUT2D eigenvalue weighted by atomic mass is 9.84. The van der Waals surface area contributed by atoms with Crippen LogP contribution in [0.15, 0.2) is 103 Å². The largest absolute Gasteiger partial charge is 0.507 e. The predicted molar refractivity (Wildman–Crippen MR) is 162 cm³/mol. The Kier molecular flexibility index (Phi) is 7.07. The number of ketones is 1. The molecule has 1 heterocycles. The fourth-order valence-electron chi connectivity index (χ4n) is 5.14. The number of hydrogen-bond donors (Lipinski definition) is 2. The number of nitrogens with zero attached hydrogens (tertiary/aromatic N) is 1. The normalized spacial score (nSPS) is 16.8. The van der Waals surface area contributed by atoms with E-state index in [2.05, 4.69) is 26.1 Å². The van der Waals surface area contributed by atoms with Crippen LogP contribution in [-0.2, 0) is 15.0 Å². The molecular weight excluding hydrogens is 496 g/mol. The standard InChI is InChI=1S/C35H34N2O3/c1-22-10-9-11-24(20-22)31-30(32(38)29-21-25(35(3,4)5)15-14-23(29)2)33(39)34(40)37(31)28-18-16-27(17-19-28)36-26-12-7-6-8-13-26/h6-21,31,36,38H,1-5H3/b32-30+. The van der Waals surface area contributed by atoms with Gasteiger partial charge in [-0.15, -0.1) is 0 Å². The molecule has 1 unspecified atom stereocenters. The van der Waals surface area contributed by atoms with E-state index >= 15 is 0 Å². The molecule has 0 saturated carbocycles. The fraction of sp³-hybridized carbons (Fsp3) is 0.200. The molecule has 1 aliphatic heterocycles. The van der Waals surface area contributed by atoms with Crippen LogP contribution in [0.4, 0.5) is 17.1 Å². The van der Waals surface area contributed by atoms with Crippen molar-refractivity contribution in [3.8, 4) is 0 Å². The molecule has 0 bridgehead atoms. The molecule has 202 valence electrons. The number of hydrogen-bond acceptors (Lipinski definition) is 4. The maximum Gasteiger partial charge on any atom is 0.300 e. The molecule has 4 aromatic carbocycles. The van der Waals surface area contributed by atoms with E-state index in [1.165, 1.54) is 4.90 Å². The highest BCUT2D eigenvalue weighted by molar-refractivity contribution is 6.51. The zero-order chi connectivity index (χ0) is 28.6. The molecule has 1 amide bonds. The Hall–Kier alpha value is -4.64. The number of carbonyl (C=O) groups is 2. The molecule has 0 radical (unpaired) electrons. The average molecular weight is 531 g/mol. The SMILES string of the molecule is Cc1cccc(C2/C(=C(\O)c3cc(C(C)(C)C)ccc3C)C(=O)C(=O)N2c2ccc(Nc3ccccc3)cc2)c1. The van der Waals surface area contributed by atoms with Crippen LogP contribution in [0.1, 0.15) is 54.6 Å². The topological polar surface area (TPSA) is 69.6 Å². The van der Waals surface area contributed by atoms with Crippen LogP contribution in [0.3, 0.4) is 0 Å². The van der Waals surface area contributed by atoms with Crippen molar-refractivity contribution >= 4 is 34.5 Å². The lowest BCUT2D eigenvalue weighted by molar-refractivity contribution is -0.132. The van der Waals surface area contributed by atoms with Gasteiger partial charge in [-0.05, 0) is 78.4 Å². The number of benzene rings is 4. The molecule has 1 atom stereocenters. The van der Waals surface area contributed by atoms with Gasteiger partial charge in [-0.1, -0.05) is 80.9 Å². The van der Waals surface area contributed by atoms with Crippen LogP contribution in [0.25, 0.3) is 5.76 Å². The van der Waals surface area contributed by atoms with E-state index < -0.39 is 17.7 Å². The average Bonchev–Trinajstić information content (AvgIpc) is 3.19. The van der Waals surface area contributed by atoms with Crippen molar-refractivity contribution in [3.63, 3.8) is 0 Å². The number of aliphatic hydroxyl groups excluding tert-OH is 1. The van der Waals surface area contributed by atoms with Gasteiger partial charge in [0, 0.05) is 22.6 Å². The number of nitrogens with one attached hydrogen (secondary N) is 1. The van der Waals surface area contributed by atoms with Crippen molar-refractivity contribution in [3.05, 3.63) is 130 Å². The first kappa shape index (κ1) is 26.9. The third-order valence-electron chi connectivity index (χ3n) is 7.37. The predicted octanol–water partition coefficient (Wildman–Crippen LogP) is 7.97. The summed E-state index contributed by atoms with van der Waals surface area (Å²) in [4.78, 5) is 28.8. The smallest absolute Gasteiger partial charge is 0.300 e. The highest BCUT2D eigenvalue weighted by Gasteiger charge is 2.47. The summed E-state index contributed by atoms with van der Waals surface area (Å²) in [6.07, 6.45) is 0. The Morgan fingerprint density at radius 2 is 1.48 bits per heavy atom. The summed E-state index contributed by atoms with van der Waals surface area (Å²) in [6.45, 7) is 10.2. The van der Waals surface area contributed by atoms with Crippen molar-refractivity contribution in [2.75, 3.05) is 10.2 Å². The van der Waals surface area contributed by atoms with E-state index in [4.69, 9.17) is 0 Å². The summed E-state index contributed by atoms with van der Waals surface area (Å²) in [5.74, 6) is -1.52. The van der Waals surface area contributed by atoms with Crippen LogP contribution in [0, 0.1) is 13.8 Å². The van der Waals surface area contributed by atoms with Crippen molar-refractivity contribution in [1.29, 1.82) is 0 Å². The van der Waals surface area contributed by atoms with E-state index in [0.717, 1.165) is 33.6 Å². The minimum absolute atomic E-state index is 0.0937. The third-order valence-corrected chi connectivity index (χ3v) is 7.37. The van der Waals surface area contributed by atoms with Gasteiger partial charge in [0.25, 0.3) is 11.7 Å². The Balaban J connectivity index is 1.63. The number of rotatable bonds is 5. The van der Waals surface area contributed by atoms with Gasteiger partial charge in [-0.2, -0.15) is 0 Å². The molecule has 4 aromatic rings. The van der Waals surface area contributed by atoms with Gasteiger partial charge in [0.15, 0.2) is 0 Å². The molecule has 5 nitrogen and oxygen atoms in total. The van der Waals surface area contributed by atoms with Gasteiger partial charge in [-0.25, -0.2) is 0 Å². The van der Waals surface area contributed by atoms with Gasteiger partial charge >= 0.3 is 0 Å². The summed E-state index contributed by atoms with van der Waals surface area (Å²) in [7, 11) is 0. The number of aliphatic hydroxyl groups is 1. The number of Topliss-reactive ketones (excluding diaryl/α,β-unsaturated/α-hetero) is 1. The Bertz CT molecular complexity index is 1610. The first-order valence-corrected chi connectivity index (χ1v) is 13.5. The molecule has 0 aliphatic carbocycles. The van der Waals surface area contributed by atoms with Gasteiger partial charge < -0.3 is 10.4 Å². The van der Waals surface area contributed by atoms with Crippen molar-refractivity contribution in [2.45, 2.75) is 46.1 Å². The molecule has 5 rings (SSSR count). The van der Waals surface area contributed by atoms with Gasteiger partial charge in [0.2, 0.25) is 0 Å². The zero-order valence-electron chi connectivity index (χ0n) is 23.5. The Morgan fingerprint density at radius 1 is 0.800 bits per heavy atom. The van der Waals surface area contributed by atoms with Crippen LogP contribution in [0.2, 0.25) is 0 Å². The van der Waals surface area contributed by atoms with Crippen LogP contribution in [0.5, 0.6) is 0 Å². The van der Waals surface area contributed by atoms with Crippen LogP contribution in [-0.4, -0.2) is 16.8 Å². The number of aryl methyl sites for hydroxylation is 2. The van der Waals surface area contributed by atoms with E-state index in [-0.39, 0.29) is 16.7 Å². The fourth-order valence-corrected chi connectivity index (χ4v) is 5.14. The van der Waals surface area contributed by atoms with Crippen molar-refractivity contribution in [1.82, 2.24) is 0 Å². The molecular formula is C35H34N2O3. The zero-order valence-corrected chi connectivity index (χ0v) is 23.5. The second-order valence-electron chi connectivity index (χ2n) is 11.4. The van der Waals surface area contributed by atoms with Crippen molar-refractivity contribution < 1.29 is 14.7 Å². The molecule has 1 fully saturated rings. The quantitative estimate of drug-likeness (QED) is 0.156. The maximum absolute atomic E-state index is 13.7. The van der Waals surface area contributed by atoms with Gasteiger partial charge in [-0.3, -0.25) is 14.5 Å². The number of para-hydroxylation sites is 1. The van der Waals surface area contributed by atoms with E-state index in [1.54, 1.807) is 0 Å². The second-order valence-corrected chi connectivity index (χ2v) is 11.4. The highest BCUT2D eigenvalue weighted by atomic mass is 16.3. The van der Waals surface area contributed by atoms with Crippen LogP contribution >= 0.6 is 0 Å². The first-order valence-electron chi connectivity index (χ1n) is 13.5. The van der Waals surface area contributed by atoms with E-state index in [1.807, 2.05) is 111 Å². The van der Waals surface area contributed by atoms with E-state index in [9.17, 15) is 14.7 Å². The van der Waals surface area contributed by atoms with Crippen molar-refractivity contribution in [2.24, 2.45) is 0 Å². The van der Waals surface area contributed by atoms with E-state index in [0.29, 0.717) is 11.3 Å². The monoisotopic (exact) mass is 530 g/mol. The molecule has 1 aliphatic rings. The van der Waals surface area contributed by atoms with Gasteiger partial charge in [0.05, 0.1) is 11.6 Å². The Morgan fingerprint density at radius 3 is 2.12 bits per heavy atom. The summed E-state index contributed by atoms with van der Waals surface area (Å²) >= 11 is 0. The maximum atomic E-state index is 13.7. The van der Waals surface area contributed by atoms with Crippen LogP contribution < -0.4 is 10.2 Å². The molecule has 0 spiro atoms. The molecule has 0 aromatic heterocycles. The first-order chi connectivity index (χ1) is 19.0. The number of amides is 1. The highest BCUT2D eigenvalue weighted by Crippen LogP contribution is 2.43. The minimum atomic E-state index is -0.773. The number of anilines is 3. The molecule has 2 N–H and O–H groups in total. The lowest BCUT2D eigenvalue weighted by Crippen LogP contribution is -2.29. The molecule has 5 heteroatoms.